The molecule has 1 aromatic rings. The minimum atomic E-state index is -0.866. The van der Waals surface area contributed by atoms with Crippen LogP contribution in [0.15, 0.2) is 24.3 Å². The number of hydrogen-bond donors (Lipinski definition) is 2. The minimum Gasteiger partial charge on any atom is -0.478 e. The average Bonchev–Trinajstić information content (AvgIpc) is 2.40. The van der Waals surface area contributed by atoms with Gasteiger partial charge in [-0.25, -0.2) is 4.79 Å². The third-order valence-corrected chi connectivity index (χ3v) is 3.81. The van der Waals surface area contributed by atoms with Gasteiger partial charge in [-0.1, -0.05) is 25.1 Å². The third-order valence-electron chi connectivity index (χ3n) is 3.81. The molecule has 4 nitrogen and oxygen atoms in total. The van der Waals surface area contributed by atoms with Crippen LogP contribution >= 0.6 is 0 Å². The van der Waals surface area contributed by atoms with Crippen molar-refractivity contribution in [1.29, 1.82) is 0 Å². The van der Waals surface area contributed by atoms with E-state index >= 15 is 0 Å². The van der Waals surface area contributed by atoms with Gasteiger partial charge in [0.25, 0.3) is 0 Å². The standard InChI is InChI=1S/C15H21NO3/c1-15(6-8-19-9-7-15)11-16-10-12-4-2-3-5-13(12)14(17)18/h2-5,16H,6-11H2,1H3,(H,17,18). The first kappa shape index (κ1) is 14.0. The summed E-state index contributed by atoms with van der Waals surface area (Å²) in [5.41, 5.74) is 1.48. The molecule has 0 atom stereocenters. The number of ether oxygens (including phenoxy) is 1. The van der Waals surface area contributed by atoms with Crippen LogP contribution in [-0.4, -0.2) is 30.8 Å². The van der Waals surface area contributed by atoms with Crippen molar-refractivity contribution in [2.75, 3.05) is 19.8 Å². The molecule has 2 rings (SSSR count). The van der Waals surface area contributed by atoms with Gasteiger partial charge in [-0.3, -0.25) is 0 Å². The summed E-state index contributed by atoms with van der Waals surface area (Å²) in [6, 6.07) is 7.14. The van der Waals surface area contributed by atoms with Crippen LogP contribution in [0.4, 0.5) is 0 Å². The number of carboxylic acids is 1. The van der Waals surface area contributed by atoms with Gasteiger partial charge in [0.15, 0.2) is 0 Å². The van der Waals surface area contributed by atoms with Crippen LogP contribution in [0.2, 0.25) is 0 Å². The Balaban J connectivity index is 1.90. The minimum absolute atomic E-state index is 0.260. The molecule has 2 N–H and O–H groups in total. The highest BCUT2D eigenvalue weighted by atomic mass is 16.5. The van der Waals surface area contributed by atoms with E-state index in [1.165, 1.54) is 0 Å². The van der Waals surface area contributed by atoms with E-state index in [9.17, 15) is 4.79 Å². The highest BCUT2D eigenvalue weighted by Crippen LogP contribution is 2.28. The van der Waals surface area contributed by atoms with Crippen LogP contribution < -0.4 is 5.32 Å². The molecule has 1 fully saturated rings. The van der Waals surface area contributed by atoms with Crippen molar-refractivity contribution < 1.29 is 14.6 Å². The fraction of sp³-hybridized carbons (Fsp3) is 0.533. The zero-order valence-electron chi connectivity index (χ0n) is 11.3. The molecule has 1 heterocycles. The highest BCUT2D eigenvalue weighted by molar-refractivity contribution is 5.89. The molecular weight excluding hydrogens is 242 g/mol. The van der Waals surface area contributed by atoms with E-state index in [4.69, 9.17) is 9.84 Å². The average molecular weight is 263 g/mol. The molecule has 0 unspecified atom stereocenters. The summed E-state index contributed by atoms with van der Waals surface area (Å²) >= 11 is 0. The van der Waals surface area contributed by atoms with Gasteiger partial charge in [-0.2, -0.15) is 0 Å². The van der Waals surface area contributed by atoms with E-state index < -0.39 is 5.97 Å². The maximum absolute atomic E-state index is 11.1. The topological polar surface area (TPSA) is 58.6 Å². The molecule has 0 spiro atoms. The maximum atomic E-state index is 11.1. The number of nitrogens with one attached hydrogen (secondary N) is 1. The molecule has 0 radical (unpaired) electrons. The Labute approximate surface area is 113 Å². The molecule has 0 saturated carbocycles. The summed E-state index contributed by atoms with van der Waals surface area (Å²) in [5.74, 6) is -0.866. The van der Waals surface area contributed by atoms with Crippen molar-refractivity contribution in [1.82, 2.24) is 5.32 Å². The Morgan fingerprint density at radius 2 is 2.05 bits per heavy atom. The molecule has 4 heteroatoms. The zero-order valence-corrected chi connectivity index (χ0v) is 11.3. The second-order valence-corrected chi connectivity index (χ2v) is 5.49. The van der Waals surface area contributed by atoms with Gasteiger partial charge in [-0.05, 0) is 29.9 Å². The Hall–Kier alpha value is -1.39. The molecule has 1 aliphatic rings. The van der Waals surface area contributed by atoms with Crippen LogP contribution in [0.5, 0.6) is 0 Å². The smallest absolute Gasteiger partial charge is 0.336 e. The lowest BCUT2D eigenvalue weighted by atomic mass is 9.82. The van der Waals surface area contributed by atoms with Crippen LogP contribution in [-0.2, 0) is 11.3 Å². The normalized spacial score (nSPS) is 18.2. The molecule has 1 aromatic carbocycles. The summed E-state index contributed by atoms with van der Waals surface area (Å²) in [6.07, 6.45) is 2.11. The van der Waals surface area contributed by atoms with Gasteiger partial charge < -0.3 is 15.2 Å². The quantitative estimate of drug-likeness (QED) is 0.855. The molecule has 19 heavy (non-hydrogen) atoms. The molecule has 1 aliphatic heterocycles. The molecular formula is C15H21NO3. The largest absolute Gasteiger partial charge is 0.478 e. The molecule has 0 amide bonds. The van der Waals surface area contributed by atoms with E-state index in [1.807, 2.05) is 12.1 Å². The fourth-order valence-corrected chi connectivity index (χ4v) is 2.42. The second-order valence-electron chi connectivity index (χ2n) is 5.49. The first-order valence-electron chi connectivity index (χ1n) is 6.70. The van der Waals surface area contributed by atoms with Gasteiger partial charge in [0, 0.05) is 26.3 Å². The summed E-state index contributed by atoms with van der Waals surface area (Å²) in [5, 5.41) is 12.5. The summed E-state index contributed by atoms with van der Waals surface area (Å²) in [7, 11) is 0. The monoisotopic (exact) mass is 263 g/mol. The van der Waals surface area contributed by atoms with E-state index in [0.717, 1.165) is 38.2 Å². The number of hydrogen-bond acceptors (Lipinski definition) is 3. The molecule has 0 bridgehead atoms. The van der Waals surface area contributed by atoms with Crippen molar-refractivity contribution in [3.8, 4) is 0 Å². The van der Waals surface area contributed by atoms with Gasteiger partial charge in [0.1, 0.15) is 0 Å². The van der Waals surface area contributed by atoms with E-state index in [-0.39, 0.29) is 5.41 Å². The number of aromatic carboxylic acids is 1. The van der Waals surface area contributed by atoms with Gasteiger partial charge >= 0.3 is 5.97 Å². The number of carbonyl (C=O) groups is 1. The van der Waals surface area contributed by atoms with Crippen molar-refractivity contribution >= 4 is 5.97 Å². The number of benzene rings is 1. The van der Waals surface area contributed by atoms with Crippen molar-refractivity contribution in [3.63, 3.8) is 0 Å². The fourth-order valence-electron chi connectivity index (χ4n) is 2.42. The number of rotatable bonds is 5. The van der Waals surface area contributed by atoms with Gasteiger partial charge in [0.05, 0.1) is 5.56 Å². The summed E-state index contributed by atoms with van der Waals surface area (Å²) in [6.45, 7) is 5.39. The third kappa shape index (κ3) is 3.78. The Kier molecular flexibility index (Phi) is 4.56. The number of carboxylic acid groups (broad SMARTS) is 1. The van der Waals surface area contributed by atoms with Crippen LogP contribution in [0.25, 0.3) is 0 Å². The first-order valence-corrected chi connectivity index (χ1v) is 6.70. The van der Waals surface area contributed by atoms with E-state index in [2.05, 4.69) is 12.2 Å². The Morgan fingerprint density at radius 1 is 1.37 bits per heavy atom. The van der Waals surface area contributed by atoms with Crippen LogP contribution in [0.3, 0.4) is 0 Å². The molecule has 0 aromatic heterocycles. The highest BCUT2D eigenvalue weighted by Gasteiger charge is 2.26. The second kappa shape index (κ2) is 6.17. The van der Waals surface area contributed by atoms with Crippen molar-refractivity contribution in [2.45, 2.75) is 26.3 Å². The molecule has 1 saturated heterocycles. The molecule has 0 aliphatic carbocycles. The van der Waals surface area contributed by atoms with E-state index in [1.54, 1.807) is 12.1 Å². The Bertz CT molecular complexity index is 439. The van der Waals surface area contributed by atoms with Crippen molar-refractivity contribution in [2.24, 2.45) is 5.41 Å². The predicted octanol–water partition coefficient (Wildman–Crippen LogP) is 2.29. The van der Waals surface area contributed by atoms with Gasteiger partial charge in [-0.15, -0.1) is 0 Å². The lowest BCUT2D eigenvalue weighted by Gasteiger charge is -2.33. The lowest BCUT2D eigenvalue weighted by Crippen LogP contribution is -2.36. The molecule has 104 valence electrons. The zero-order chi connectivity index (χ0) is 13.7. The first-order chi connectivity index (χ1) is 9.11. The van der Waals surface area contributed by atoms with Crippen LogP contribution in [0, 0.1) is 5.41 Å². The Morgan fingerprint density at radius 3 is 2.74 bits per heavy atom. The SMILES string of the molecule is CC1(CNCc2ccccc2C(=O)O)CCOCC1. The summed E-state index contributed by atoms with van der Waals surface area (Å²) in [4.78, 5) is 11.1. The predicted molar refractivity (Wildman–Crippen MR) is 73.3 cm³/mol. The van der Waals surface area contributed by atoms with E-state index in [0.29, 0.717) is 12.1 Å². The maximum Gasteiger partial charge on any atom is 0.336 e. The van der Waals surface area contributed by atoms with Gasteiger partial charge in [0.2, 0.25) is 0 Å². The van der Waals surface area contributed by atoms with Crippen molar-refractivity contribution in [3.05, 3.63) is 35.4 Å². The van der Waals surface area contributed by atoms with Crippen LogP contribution in [0.1, 0.15) is 35.7 Å². The lowest BCUT2D eigenvalue weighted by molar-refractivity contribution is 0.0240. The summed E-state index contributed by atoms with van der Waals surface area (Å²) < 4.78 is 5.37.